The summed E-state index contributed by atoms with van der Waals surface area (Å²) in [5.41, 5.74) is 6.60. The summed E-state index contributed by atoms with van der Waals surface area (Å²) in [5.74, 6) is 0. The van der Waals surface area contributed by atoms with Crippen molar-refractivity contribution in [2.45, 2.75) is 18.4 Å². The SMILES string of the molecule is N#Cc1csc(C2(N)CC2)c1. The lowest BCUT2D eigenvalue weighted by Gasteiger charge is -2.01. The molecule has 1 aromatic rings. The van der Waals surface area contributed by atoms with E-state index in [1.807, 2.05) is 11.4 Å². The van der Waals surface area contributed by atoms with Crippen molar-refractivity contribution in [2.24, 2.45) is 5.73 Å². The van der Waals surface area contributed by atoms with Gasteiger partial charge < -0.3 is 5.73 Å². The van der Waals surface area contributed by atoms with E-state index in [0.29, 0.717) is 0 Å². The molecular weight excluding hydrogens is 156 g/mol. The second-order valence-corrected chi connectivity index (χ2v) is 3.88. The zero-order chi connectivity index (χ0) is 7.90. The molecular formula is C8H8N2S. The molecule has 0 radical (unpaired) electrons. The van der Waals surface area contributed by atoms with Crippen molar-refractivity contribution >= 4 is 11.3 Å². The van der Waals surface area contributed by atoms with E-state index in [1.54, 1.807) is 11.3 Å². The Morgan fingerprint density at radius 1 is 1.64 bits per heavy atom. The molecule has 1 aliphatic carbocycles. The Balaban J connectivity index is 2.34. The maximum Gasteiger partial charge on any atom is 0.100 e. The van der Waals surface area contributed by atoms with Gasteiger partial charge in [-0.3, -0.25) is 0 Å². The Morgan fingerprint density at radius 3 is 2.82 bits per heavy atom. The fourth-order valence-corrected chi connectivity index (χ4v) is 2.05. The molecule has 1 saturated carbocycles. The van der Waals surface area contributed by atoms with Gasteiger partial charge in [-0.05, 0) is 18.9 Å². The number of nitriles is 1. The molecule has 1 heterocycles. The number of rotatable bonds is 1. The normalized spacial score (nSPS) is 19.3. The van der Waals surface area contributed by atoms with Crippen molar-refractivity contribution in [3.05, 3.63) is 21.9 Å². The third kappa shape index (κ3) is 1.05. The van der Waals surface area contributed by atoms with Crippen LogP contribution in [-0.4, -0.2) is 0 Å². The molecule has 0 amide bonds. The molecule has 0 aromatic carbocycles. The summed E-state index contributed by atoms with van der Waals surface area (Å²) in [7, 11) is 0. The molecule has 2 N–H and O–H groups in total. The molecule has 0 unspecified atom stereocenters. The zero-order valence-corrected chi connectivity index (χ0v) is 6.82. The maximum atomic E-state index is 8.55. The molecule has 0 spiro atoms. The van der Waals surface area contributed by atoms with Crippen molar-refractivity contribution in [3.8, 4) is 6.07 Å². The van der Waals surface area contributed by atoms with Gasteiger partial charge >= 0.3 is 0 Å². The van der Waals surface area contributed by atoms with Crippen LogP contribution in [0.2, 0.25) is 0 Å². The second-order valence-electron chi connectivity index (χ2n) is 2.97. The van der Waals surface area contributed by atoms with E-state index in [0.717, 1.165) is 23.3 Å². The number of thiophene rings is 1. The standard InChI is InChI=1S/C8H8N2S/c9-4-6-3-7(11-5-6)8(10)1-2-8/h3,5H,1-2,10H2. The zero-order valence-electron chi connectivity index (χ0n) is 6.00. The summed E-state index contributed by atoms with van der Waals surface area (Å²) in [6.07, 6.45) is 2.14. The van der Waals surface area contributed by atoms with Gasteiger partial charge in [0.2, 0.25) is 0 Å². The molecule has 11 heavy (non-hydrogen) atoms. The average molecular weight is 164 g/mol. The van der Waals surface area contributed by atoms with Crippen molar-refractivity contribution in [1.29, 1.82) is 5.26 Å². The highest BCUT2D eigenvalue weighted by atomic mass is 32.1. The summed E-state index contributed by atoms with van der Waals surface area (Å²) < 4.78 is 0. The molecule has 56 valence electrons. The van der Waals surface area contributed by atoms with Gasteiger partial charge in [0.25, 0.3) is 0 Å². The lowest BCUT2D eigenvalue weighted by molar-refractivity contribution is 0.759. The van der Waals surface area contributed by atoms with E-state index in [4.69, 9.17) is 11.0 Å². The molecule has 0 atom stereocenters. The Kier molecular flexibility index (Phi) is 1.28. The van der Waals surface area contributed by atoms with Gasteiger partial charge in [0.15, 0.2) is 0 Å². The largest absolute Gasteiger partial charge is 0.321 e. The first-order valence-electron chi connectivity index (χ1n) is 3.53. The maximum absolute atomic E-state index is 8.55. The van der Waals surface area contributed by atoms with Crippen LogP contribution in [0.3, 0.4) is 0 Å². The van der Waals surface area contributed by atoms with Gasteiger partial charge in [0, 0.05) is 10.3 Å². The van der Waals surface area contributed by atoms with Crippen LogP contribution in [0.1, 0.15) is 23.3 Å². The second kappa shape index (κ2) is 2.07. The van der Waals surface area contributed by atoms with Gasteiger partial charge in [0.1, 0.15) is 6.07 Å². The lowest BCUT2D eigenvalue weighted by Crippen LogP contribution is -2.16. The first-order valence-corrected chi connectivity index (χ1v) is 4.40. The summed E-state index contributed by atoms with van der Waals surface area (Å²) in [6.45, 7) is 0. The van der Waals surface area contributed by atoms with Gasteiger partial charge in [0.05, 0.1) is 11.1 Å². The van der Waals surface area contributed by atoms with Crippen LogP contribution >= 0.6 is 11.3 Å². The fraction of sp³-hybridized carbons (Fsp3) is 0.375. The monoisotopic (exact) mass is 164 g/mol. The molecule has 1 aliphatic rings. The van der Waals surface area contributed by atoms with Crippen LogP contribution < -0.4 is 5.73 Å². The minimum atomic E-state index is -0.0697. The highest BCUT2D eigenvalue weighted by Crippen LogP contribution is 2.45. The Morgan fingerprint density at radius 2 is 2.36 bits per heavy atom. The van der Waals surface area contributed by atoms with Crippen LogP contribution in [0, 0.1) is 11.3 Å². The molecule has 2 rings (SSSR count). The molecule has 0 bridgehead atoms. The van der Waals surface area contributed by atoms with E-state index in [-0.39, 0.29) is 5.54 Å². The summed E-state index contributed by atoms with van der Waals surface area (Å²) in [4.78, 5) is 1.16. The van der Waals surface area contributed by atoms with Crippen LogP contribution in [0.15, 0.2) is 11.4 Å². The minimum Gasteiger partial charge on any atom is -0.321 e. The predicted molar refractivity (Wildman–Crippen MR) is 44.1 cm³/mol. The lowest BCUT2D eigenvalue weighted by atomic mass is 10.2. The summed E-state index contributed by atoms with van der Waals surface area (Å²) in [6, 6.07) is 4.00. The summed E-state index contributed by atoms with van der Waals surface area (Å²) in [5, 5.41) is 10.4. The minimum absolute atomic E-state index is 0.0697. The van der Waals surface area contributed by atoms with Crippen molar-refractivity contribution in [2.75, 3.05) is 0 Å². The smallest absolute Gasteiger partial charge is 0.100 e. The highest BCUT2D eigenvalue weighted by Gasteiger charge is 2.41. The number of nitrogens with zero attached hydrogens (tertiary/aromatic N) is 1. The molecule has 3 heteroatoms. The van der Waals surface area contributed by atoms with E-state index in [1.165, 1.54) is 0 Å². The Bertz CT molecular complexity index is 317. The number of hydrogen-bond acceptors (Lipinski definition) is 3. The predicted octanol–water partition coefficient (Wildman–Crippen LogP) is 1.57. The topological polar surface area (TPSA) is 49.8 Å². The number of nitrogens with two attached hydrogens (primary N) is 1. The Hall–Kier alpha value is -0.850. The van der Waals surface area contributed by atoms with Crippen LogP contribution in [0.4, 0.5) is 0 Å². The van der Waals surface area contributed by atoms with Crippen LogP contribution in [0.25, 0.3) is 0 Å². The molecule has 0 saturated heterocycles. The van der Waals surface area contributed by atoms with E-state index < -0.39 is 0 Å². The van der Waals surface area contributed by atoms with Gasteiger partial charge in [-0.15, -0.1) is 11.3 Å². The first-order chi connectivity index (χ1) is 5.24. The van der Waals surface area contributed by atoms with E-state index in [9.17, 15) is 0 Å². The van der Waals surface area contributed by atoms with Crippen LogP contribution in [0.5, 0.6) is 0 Å². The molecule has 2 nitrogen and oxygen atoms in total. The molecule has 1 fully saturated rings. The first kappa shape index (κ1) is 6.84. The van der Waals surface area contributed by atoms with E-state index in [2.05, 4.69) is 6.07 Å². The molecule has 1 aromatic heterocycles. The average Bonchev–Trinajstić information content (AvgIpc) is 2.61. The third-order valence-corrected chi connectivity index (χ3v) is 3.16. The van der Waals surface area contributed by atoms with Crippen molar-refractivity contribution < 1.29 is 0 Å². The highest BCUT2D eigenvalue weighted by molar-refractivity contribution is 7.10. The van der Waals surface area contributed by atoms with Gasteiger partial charge in [-0.2, -0.15) is 5.26 Å². The third-order valence-electron chi connectivity index (χ3n) is 2.01. The quantitative estimate of drug-likeness (QED) is 0.684. The number of hydrogen-bond donors (Lipinski definition) is 1. The fourth-order valence-electron chi connectivity index (χ4n) is 1.04. The molecule has 0 aliphatic heterocycles. The van der Waals surface area contributed by atoms with Gasteiger partial charge in [-0.1, -0.05) is 0 Å². The van der Waals surface area contributed by atoms with Crippen molar-refractivity contribution in [1.82, 2.24) is 0 Å². The Labute approximate surface area is 69.3 Å². The van der Waals surface area contributed by atoms with Crippen molar-refractivity contribution in [3.63, 3.8) is 0 Å². The van der Waals surface area contributed by atoms with E-state index >= 15 is 0 Å². The summed E-state index contributed by atoms with van der Waals surface area (Å²) >= 11 is 1.60. The van der Waals surface area contributed by atoms with Crippen LogP contribution in [-0.2, 0) is 5.54 Å². The van der Waals surface area contributed by atoms with Gasteiger partial charge in [-0.25, -0.2) is 0 Å².